The summed E-state index contributed by atoms with van der Waals surface area (Å²) < 4.78 is 17.6. The molecule has 0 saturated carbocycles. The van der Waals surface area contributed by atoms with Crippen molar-refractivity contribution in [3.8, 4) is 17.2 Å². The van der Waals surface area contributed by atoms with E-state index in [9.17, 15) is 19.2 Å². The lowest BCUT2D eigenvalue weighted by molar-refractivity contribution is -0.147. The molecule has 0 unspecified atom stereocenters. The first-order valence-electron chi connectivity index (χ1n) is 14.5. The maximum absolute atomic E-state index is 12.8. The van der Waals surface area contributed by atoms with Gasteiger partial charge in [-0.3, -0.25) is 14.4 Å². The van der Waals surface area contributed by atoms with E-state index < -0.39 is 30.2 Å². The van der Waals surface area contributed by atoms with Gasteiger partial charge in [-0.25, -0.2) is 4.79 Å². The summed E-state index contributed by atoms with van der Waals surface area (Å²) in [7, 11) is 0. The van der Waals surface area contributed by atoms with Gasteiger partial charge in [0.2, 0.25) is 5.91 Å². The van der Waals surface area contributed by atoms with Crippen molar-refractivity contribution in [1.29, 1.82) is 0 Å². The number of carbonyl (C=O) groups is 4. The second kappa shape index (κ2) is 13.9. The second-order valence-corrected chi connectivity index (χ2v) is 12.1. The van der Waals surface area contributed by atoms with Crippen molar-refractivity contribution in [2.45, 2.75) is 33.1 Å². The Labute approximate surface area is 270 Å². The third-order valence-electron chi connectivity index (χ3n) is 7.44. The van der Waals surface area contributed by atoms with Crippen LogP contribution in [-0.2, 0) is 14.3 Å². The van der Waals surface area contributed by atoms with Gasteiger partial charge in [0.25, 0.3) is 0 Å². The number of aryl methyl sites for hydroxylation is 1. The molecule has 0 aliphatic carbocycles. The van der Waals surface area contributed by atoms with E-state index in [1.54, 1.807) is 48.5 Å². The lowest BCUT2D eigenvalue weighted by atomic mass is 10.0. The Morgan fingerprint density at radius 2 is 1.51 bits per heavy atom. The number of Topliss-reactive ketones (excluding diaryl/α,β-unsaturated/α-hetero) is 1. The molecule has 0 N–H and O–H groups in total. The number of esters is 2. The number of rotatable bonds is 10. The fourth-order valence-electron chi connectivity index (χ4n) is 4.94. The van der Waals surface area contributed by atoms with Crippen LogP contribution >= 0.6 is 15.9 Å². The number of halogens is 1. The molecule has 0 bridgehead atoms. The van der Waals surface area contributed by atoms with Crippen LogP contribution in [0.5, 0.6) is 17.2 Å². The minimum absolute atomic E-state index is 0.00918. The first-order chi connectivity index (χ1) is 21.6. The lowest BCUT2D eigenvalue weighted by Crippen LogP contribution is -2.27. The van der Waals surface area contributed by atoms with Gasteiger partial charge in [0.15, 0.2) is 12.4 Å². The van der Waals surface area contributed by atoms with Crippen molar-refractivity contribution in [3.63, 3.8) is 0 Å². The van der Waals surface area contributed by atoms with Crippen LogP contribution in [0.15, 0.2) is 95.5 Å². The molecular weight excluding hydrogens is 638 g/mol. The molecule has 4 aromatic carbocycles. The smallest absolute Gasteiger partial charge is 0.343 e. The topological polar surface area (TPSA) is 99.2 Å². The van der Waals surface area contributed by atoms with Crippen LogP contribution in [0.1, 0.15) is 58.0 Å². The van der Waals surface area contributed by atoms with E-state index in [0.29, 0.717) is 28.5 Å². The van der Waals surface area contributed by atoms with Crippen LogP contribution in [0.25, 0.3) is 0 Å². The average Bonchev–Trinajstić information content (AvgIpc) is 3.42. The molecule has 1 heterocycles. The van der Waals surface area contributed by atoms with Crippen LogP contribution in [0.4, 0.5) is 5.69 Å². The van der Waals surface area contributed by atoms with E-state index in [0.717, 1.165) is 21.3 Å². The van der Waals surface area contributed by atoms with Crippen molar-refractivity contribution in [1.82, 2.24) is 0 Å². The van der Waals surface area contributed by atoms with Gasteiger partial charge in [0.05, 0.1) is 11.5 Å². The van der Waals surface area contributed by atoms with Gasteiger partial charge in [-0.05, 0) is 103 Å². The van der Waals surface area contributed by atoms with Crippen molar-refractivity contribution in [3.05, 3.63) is 118 Å². The normalized spacial score (nSPS) is 14.4. The molecule has 1 amide bonds. The molecule has 230 valence electrons. The summed E-state index contributed by atoms with van der Waals surface area (Å²) in [4.78, 5) is 52.1. The molecule has 1 aliphatic heterocycles. The summed E-state index contributed by atoms with van der Waals surface area (Å²) in [6, 6.07) is 26.0. The van der Waals surface area contributed by atoms with Crippen molar-refractivity contribution < 1.29 is 33.4 Å². The minimum Gasteiger partial charge on any atom is -0.457 e. The highest BCUT2D eigenvalue weighted by Gasteiger charge is 2.36. The van der Waals surface area contributed by atoms with Gasteiger partial charge in [-0.2, -0.15) is 0 Å². The summed E-state index contributed by atoms with van der Waals surface area (Å²) in [5.74, 6) is -0.437. The number of ether oxygens (including phenoxy) is 3. The number of hydrogen-bond donors (Lipinski definition) is 0. The van der Waals surface area contributed by atoms with Gasteiger partial charge in [0, 0.05) is 28.7 Å². The number of amides is 1. The van der Waals surface area contributed by atoms with E-state index in [2.05, 4.69) is 41.9 Å². The fourth-order valence-corrected chi connectivity index (χ4v) is 5.21. The molecule has 4 aromatic rings. The number of anilines is 1. The Balaban J connectivity index is 1.12. The largest absolute Gasteiger partial charge is 0.457 e. The van der Waals surface area contributed by atoms with Crippen LogP contribution < -0.4 is 14.4 Å². The zero-order valence-corrected chi connectivity index (χ0v) is 26.7. The third kappa shape index (κ3) is 7.85. The summed E-state index contributed by atoms with van der Waals surface area (Å²) in [6.07, 6.45) is -0.00918. The molecule has 9 heteroatoms. The highest BCUT2D eigenvalue weighted by molar-refractivity contribution is 9.10. The molecule has 1 aliphatic rings. The molecule has 0 spiro atoms. The number of benzene rings is 4. The standard InChI is InChI=1S/C36H32BrNO7/c1-22(2)31-17-4-23(3)18-33(31)44-29-15-11-28(12-16-29)38-20-26(19-34(38)40)35(41)43-21-32(39)24-7-13-30(14-8-24)45-36(42)25-5-9-27(37)10-6-25/h4-18,22,26H,19-21H2,1-3H3/t26-/m1/s1. The number of ketones is 1. The molecule has 1 fully saturated rings. The average molecular weight is 671 g/mol. The summed E-state index contributed by atoms with van der Waals surface area (Å²) in [5, 5.41) is 0. The Hall–Kier alpha value is -4.76. The predicted molar refractivity (Wildman–Crippen MR) is 173 cm³/mol. The number of carbonyl (C=O) groups excluding carboxylic acids is 4. The predicted octanol–water partition coefficient (Wildman–Crippen LogP) is 7.67. The Morgan fingerprint density at radius 1 is 0.867 bits per heavy atom. The number of nitrogens with zero attached hydrogens (tertiary/aromatic N) is 1. The SMILES string of the molecule is Cc1ccc(C(C)C)c(Oc2ccc(N3C[C@H](C(=O)OCC(=O)c4ccc(OC(=O)c5ccc(Br)cc5)cc4)CC3=O)cc2)c1. The maximum Gasteiger partial charge on any atom is 0.343 e. The van der Waals surface area contributed by atoms with E-state index in [1.807, 2.05) is 13.0 Å². The molecule has 1 atom stereocenters. The molecule has 5 rings (SSSR count). The van der Waals surface area contributed by atoms with Gasteiger partial charge < -0.3 is 19.1 Å². The quantitative estimate of drug-likeness (QED) is 0.0970. The Morgan fingerprint density at radius 3 is 2.18 bits per heavy atom. The molecule has 0 radical (unpaired) electrons. The first-order valence-corrected chi connectivity index (χ1v) is 15.3. The lowest BCUT2D eigenvalue weighted by Gasteiger charge is -2.18. The highest BCUT2D eigenvalue weighted by Crippen LogP contribution is 2.33. The van der Waals surface area contributed by atoms with Crippen LogP contribution in [0.3, 0.4) is 0 Å². The first kappa shape index (κ1) is 31.7. The Kier molecular flexibility index (Phi) is 9.78. The molecule has 0 aromatic heterocycles. The van der Waals surface area contributed by atoms with E-state index in [-0.39, 0.29) is 24.6 Å². The maximum atomic E-state index is 12.8. The highest BCUT2D eigenvalue weighted by atomic mass is 79.9. The number of hydrogen-bond acceptors (Lipinski definition) is 7. The minimum atomic E-state index is -0.692. The molecule has 1 saturated heterocycles. The zero-order chi connectivity index (χ0) is 32.1. The summed E-state index contributed by atoms with van der Waals surface area (Å²) in [5.41, 5.74) is 3.53. The monoisotopic (exact) mass is 669 g/mol. The third-order valence-corrected chi connectivity index (χ3v) is 7.97. The molecular formula is C36H32BrNO7. The van der Waals surface area contributed by atoms with Crippen molar-refractivity contribution >= 4 is 45.2 Å². The van der Waals surface area contributed by atoms with Crippen LogP contribution in [0.2, 0.25) is 0 Å². The Bertz CT molecular complexity index is 1710. The summed E-state index contributed by atoms with van der Waals surface area (Å²) in [6.45, 7) is 5.92. The second-order valence-electron chi connectivity index (χ2n) is 11.1. The van der Waals surface area contributed by atoms with Crippen LogP contribution in [0, 0.1) is 12.8 Å². The van der Waals surface area contributed by atoms with E-state index in [1.165, 1.54) is 29.2 Å². The zero-order valence-electron chi connectivity index (χ0n) is 25.1. The fraction of sp³-hybridized carbons (Fsp3) is 0.222. The van der Waals surface area contributed by atoms with Gasteiger partial charge in [-0.1, -0.05) is 41.9 Å². The van der Waals surface area contributed by atoms with E-state index >= 15 is 0 Å². The summed E-state index contributed by atoms with van der Waals surface area (Å²) >= 11 is 3.32. The van der Waals surface area contributed by atoms with Gasteiger partial charge >= 0.3 is 11.9 Å². The van der Waals surface area contributed by atoms with Crippen LogP contribution in [-0.4, -0.2) is 36.8 Å². The molecule has 45 heavy (non-hydrogen) atoms. The van der Waals surface area contributed by atoms with Gasteiger partial charge in [0.1, 0.15) is 17.2 Å². The van der Waals surface area contributed by atoms with Crippen molar-refractivity contribution in [2.75, 3.05) is 18.1 Å². The van der Waals surface area contributed by atoms with E-state index in [4.69, 9.17) is 14.2 Å². The van der Waals surface area contributed by atoms with Crippen molar-refractivity contribution in [2.24, 2.45) is 5.92 Å². The molecule has 8 nitrogen and oxygen atoms in total. The van der Waals surface area contributed by atoms with Gasteiger partial charge in [-0.15, -0.1) is 0 Å².